The molecule has 0 amide bonds. The number of benzene rings is 1. The summed E-state index contributed by atoms with van der Waals surface area (Å²) in [5, 5.41) is 14.7. The van der Waals surface area contributed by atoms with Crippen LogP contribution in [0, 0.1) is 0 Å². The lowest BCUT2D eigenvalue weighted by Crippen LogP contribution is -2.36. The van der Waals surface area contributed by atoms with Gasteiger partial charge in [0.25, 0.3) is 0 Å². The van der Waals surface area contributed by atoms with Crippen LogP contribution in [0.5, 0.6) is 0 Å². The van der Waals surface area contributed by atoms with Crippen LogP contribution >= 0.6 is 15.9 Å². The second kappa shape index (κ2) is 10.0. The Morgan fingerprint density at radius 3 is 2.79 bits per heavy atom. The number of anilines is 1. The average Bonchev–Trinajstić information content (AvgIpc) is 3.06. The highest BCUT2D eigenvalue weighted by atomic mass is 79.9. The van der Waals surface area contributed by atoms with Gasteiger partial charge in [0.05, 0.1) is 16.4 Å². The molecule has 0 aliphatic rings. The molecule has 1 aromatic carbocycles. The highest BCUT2D eigenvalue weighted by Gasteiger charge is 2.13. The summed E-state index contributed by atoms with van der Waals surface area (Å²) in [5.41, 5.74) is 4.29. The van der Waals surface area contributed by atoms with Crippen molar-refractivity contribution in [2.75, 3.05) is 25.1 Å². The number of fused-ring (bicyclic) bond motifs is 1. The molecule has 3 rings (SSSR count). The molecule has 0 saturated heterocycles. The molecule has 2 heterocycles. The molecular weight excluding hydrogens is 416 g/mol. The fourth-order valence-corrected chi connectivity index (χ4v) is 3.45. The van der Waals surface area contributed by atoms with Gasteiger partial charge in [-0.3, -0.25) is 0 Å². The van der Waals surface area contributed by atoms with E-state index in [0.717, 1.165) is 54.2 Å². The smallest absolute Gasteiger partial charge is 0.172 e. The third kappa shape index (κ3) is 5.10. The van der Waals surface area contributed by atoms with Gasteiger partial charge in [-0.15, -0.1) is 0 Å². The highest BCUT2D eigenvalue weighted by Crippen LogP contribution is 2.28. The van der Waals surface area contributed by atoms with Crippen LogP contribution < -0.4 is 16.0 Å². The Bertz CT molecular complexity index is 905. The van der Waals surface area contributed by atoms with Crippen LogP contribution in [0.1, 0.15) is 32.8 Å². The van der Waals surface area contributed by atoms with Crippen LogP contribution in [0.3, 0.4) is 0 Å². The van der Waals surface area contributed by atoms with Crippen molar-refractivity contribution >= 4 is 27.4 Å². The summed E-state index contributed by atoms with van der Waals surface area (Å²) in [5.74, 6) is 0.940. The van der Waals surface area contributed by atoms with E-state index in [1.165, 1.54) is 11.1 Å². The lowest BCUT2D eigenvalue weighted by atomic mass is 10.0. The minimum Gasteiger partial charge on any atom is -0.369 e. The maximum atomic E-state index is 4.87. The normalized spacial score (nSPS) is 11.5. The van der Waals surface area contributed by atoms with Gasteiger partial charge >= 0.3 is 0 Å². The molecule has 0 aliphatic carbocycles. The summed E-state index contributed by atoms with van der Waals surface area (Å²) in [6.45, 7) is 8.94. The first kappa shape index (κ1) is 20.8. The maximum absolute atomic E-state index is 4.87. The third-order valence-electron chi connectivity index (χ3n) is 4.48. The van der Waals surface area contributed by atoms with E-state index >= 15 is 0 Å². The zero-order chi connectivity index (χ0) is 19.9. The van der Waals surface area contributed by atoms with Crippen molar-refractivity contribution in [3.05, 3.63) is 46.6 Å². The molecule has 0 aliphatic heterocycles. The summed E-state index contributed by atoms with van der Waals surface area (Å²) in [6.07, 6.45) is 3.94. The quantitative estimate of drug-likeness (QED) is 0.324. The summed E-state index contributed by atoms with van der Waals surface area (Å²) < 4.78 is 2.74. The van der Waals surface area contributed by atoms with Crippen LogP contribution in [0.15, 0.2) is 41.0 Å². The van der Waals surface area contributed by atoms with Gasteiger partial charge in [0.15, 0.2) is 5.65 Å². The highest BCUT2D eigenvalue weighted by molar-refractivity contribution is 9.10. The second-order valence-electron chi connectivity index (χ2n) is 7.12. The number of halogens is 1. The first-order chi connectivity index (χ1) is 13.6. The van der Waals surface area contributed by atoms with Crippen molar-refractivity contribution in [1.29, 1.82) is 0 Å². The van der Waals surface area contributed by atoms with E-state index < -0.39 is 0 Å². The standard InChI is InChI=1S/C21H29BrN6/c1-4-7-16-8-5-6-9-17(16)19-12-20(24-11-10-23-14-25-15(2)3)28-21(27-19)18(22)13-26-28/h5-6,8-9,12-13,15,23-25H,4,7,10-11,14H2,1-3H3. The molecule has 0 radical (unpaired) electrons. The van der Waals surface area contributed by atoms with Gasteiger partial charge < -0.3 is 16.0 Å². The van der Waals surface area contributed by atoms with Crippen molar-refractivity contribution in [2.45, 2.75) is 39.7 Å². The van der Waals surface area contributed by atoms with Crippen LogP contribution in [0.2, 0.25) is 0 Å². The molecule has 2 aromatic heterocycles. The number of aryl methyl sites for hydroxylation is 1. The lowest BCUT2D eigenvalue weighted by molar-refractivity contribution is 0.533. The Kier molecular flexibility index (Phi) is 7.42. The van der Waals surface area contributed by atoms with Gasteiger partial charge in [-0.2, -0.15) is 9.61 Å². The maximum Gasteiger partial charge on any atom is 0.172 e. The van der Waals surface area contributed by atoms with E-state index in [2.05, 4.69) is 88.1 Å². The van der Waals surface area contributed by atoms with Crippen molar-refractivity contribution in [2.24, 2.45) is 0 Å². The second-order valence-corrected chi connectivity index (χ2v) is 7.98. The van der Waals surface area contributed by atoms with Crippen LogP contribution in [-0.4, -0.2) is 40.4 Å². The Morgan fingerprint density at radius 1 is 1.18 bits per heavy atom. The Labute approximate surface area is 175 Å². The minimum absolute atomic E-state index is 0.479. The van der Waals surface area contributed by atoms with Gasteiger partial charge in [0.2, 0.25) is 0 Å². The lowest BCUT2D eigenvalue weighted by Gasteiger charge is -2.14. The molecule has 28 heavy (non-hydrogen) atoms. The van der Waals surface area contributed by atoms with E-state index in [0.29, 0.717) is 6.04 Å². The summed E-state index contributed by atoms with van der Waals surface area (Å²) in [6, 6.07) is 11.1. The molecule has 0 spiro atoms. The molecule has 0 bridgehead atoms. The van der Waals surface area contributed by atoms with E-state index in [1.54, 1.807) is 6.20 Å². The van der Waals surface area contributed by atoms with Crippen LogP contribution in [0.4, 0.5) is 5.82 Å². The molecule has 0 saturated carbocycles. The summed E-state index contributed by atoms with van der Waals surface area (Å²) >= 11 is 3.58. The molecule has 150 valence electrons. The molecule has 0 atom stereocenters. The van der Waals surface area contributed by atoms with Crippen molar-refractivity contribution in [3.8, 4) is 11.3 Å². The van der Waals surface area contributed by atoms with Gasteiger partial charge in [-0.25, -0.2) is 4.98 Å². The van der Waals surface area contributed by atoms with Gasteiger partial charge in [0, 0.05) is 37.4 Å². The van der Waals surface area contributed by atoms with E-state index in [1.807, 2.05) is 4.52 Å². The minimum atomic E-state index is 0.479. The van der Waals surface area contributed by atoms with Gasteiger partial charge in [0.1, 0.15) is 5.82 Å². The molecule has 3 N–H and O–H groups in total. The van der Waals surface area contributed by atoms with E-state index in [9.17, 15) is 0 Å². The number of nitrogens with zero attached hydrogens (tertiary/aromatic N) is 3. The Balaban J connectivity index is 1.83. The van der Waals surface area contributed by atoms with Gasteiger partial charge in [-0.05, 0) is 41.8 Å². The number of hydrogen-bond donors (Lipinski definition) is 3. The zero-order valence-electron chi connectivity index (χ0n) is 16.8. The molecule has 0 unspecified atom stereocenters. The zero-order valence-corrected chi connectivity index (χ0v) is 18.4. The first-order valence-electron chi connectivity index (χ1n) is 9.90. The van der Waals surface area contributed by atoms with Gasteiger partial charge in [-0.1, -0.05) is 37.6 Å². The third-order valence-corrected chi connectivity index (χ3v) is 5.04. The number of hydrogen-bond acceptors (Lipinski definition) is 5. The van der Waals surface area contributed by atoms with Crippen LogP contribution in [-0.2, 0) is 6.42 Å². The SMILES string of the molecule is CCCc1ccccc1-c1cc(NCCNCNC(C)C)n2ncc(Br)c2n1. The topological polar surface area (TPSA) is 66.3 Å². The predicted molar refractivity (Wildman–Crippen MR) is 120 cm³/mol. The fourth-order valence-electron chi connectivity index (χ4n) is 3.10. The number of rotatable bonds is 10. The first-order valence-corrected chi connectivity index (χ1v) is 10.7. The Morgan fingerprint density at radius 2 is 2.00 bits per heavy atom. The Hall–Kier alpha value is -1.96. The van der Waals surface area contributed by atoms with Crippen molar-refractivity contribution in [3.63, 3.8) is 0 Å². The van der Waals surface area contributed by atoms with Crippen LogP contribution in [0.25, 0.3) is 16.9 Å². The number of aromatic nitrogens is 3. The molecule has 0 fully saturated rings. The van der Waals surface area contributed by atoms with E-state index in [4.69, 9.17) is 4.98 Å². The predicted octanol–water partition coefficient (Wildman–Crippen LogP) is 4.07. The largest absolute Gasteiger partial charge is 0.369 e. The average molecular weight is 445 g/mol. The molecule has 3 aromatic rings. The monoisotopic (exact) mass is 444 g/mol. The molecular formula is C21H29BrN6. The van der Waals surface area contributed by atoms with Crippen molar-refractivity contribution < 1.29 is 0 Å². The summed E-state index contributed by atoms with van der Waals surface area (Å²) in [4.78, 5) is 4.87. The fraction of sp³-hybridized carbons (Fsp3) is 0.429. The van der Waals surface area contributed by atoms with E-state index in [-0.39, 0.29) is 0 Å². The summed E-state index contributed by atoms with van der Waals surface area (Å²) in [7, 11) is 0. The van der Waals surface area contributed by atoms with Crippen molar-refractivity contribution in [1.82, 2.24) is 25.2 Å². The molecule has 6 nitrogen and oxygen atoms in total. The molecule has 7 heteroatoms. The number of nitrogens with one attached hydrogen (secondary N) is 3.